The lowest BCUT2D eigenvalue weighted by Crippen LogP contribution is -2.31. The van der Waals surface area contributed by atoms with Crippen LogP contribution in [-0.2, 0) is 21.0 Å². The summed E-state index contributed by atoms with van der Waals surface area (Å²) in [5, 5.41) is 0. The monoisotopic (exact) mass is 291 g/mol. The first-order valence-corrected chi connectivity index (χ1v) is 7.76. The number of rotatable bonds is 8. The summed E-state index contributed by atoms with van der Waals surface area (Å²) >= 11 is 0. The highest BCUT2D eigenvalue weighted by molar-refractivity contribution is 5.72. The molecule has 1 aromatic rings. The Labute approximate surface area is 126 Å². The molecule has 0 spiro atoms. The Balaban J connectivity index is 1.72. The Morgan fingerprint density at radius 1 is 1.29 bits per heavy atom. The van der Waals surface area contributed by atoms with Crippen LogP contribution < -0.4 is 5.48 Å². The van der Waals surface area contributed by atoms with Crippen LogP contribution in [0.15, 0.2) is 30.3 Å². The van der Waals surface area contributed by atoms with E-state index in [0.717, 1.165) is 12.0 Å². The van der Waals surface area contributed by atoms with Gasteiger partial charge in [-0.25, -0.2) is 5.48 Å². The molecule has 0 amide bonds. The topological polar surface area (TPSA) is 47.6 Å². The van der Waals surface area contributed by atoms with Gasteiger partial charge in [-0.2, -0.15) is 0 Å². The molecule has 4 nitrogen and oxygen atoms in total. The van der Waals surface area contributed by atoms with Crippen LogP contribution in [0.4, 0.5) is 0 Å². The van der Waals surface area contributed by atoms with Gasteiger partial charge in [0.25, 0.3) is 0 Å². The van der Waals surface area contributed by atoms with Crippen molar-refractivity contribution < 1.29 is 14.4 Å². The van der Waals surface area contributed by atoms with Gasteiger partial charge in [-0.05, 0) is 17.9 Å². The molecule has 116 valence electrons. The summed E-state index contributed by atoms with van der Waals surface area (Å²) in [6, 6.07) is 9.97. The van der Waals surface area contributed by atoms with E-state index in [1.54, 1.807) is 0 Å². The molecular weight excluding hydrogens is 266 g/mol. The number of nitrogens with one attached hydrogen (secondary N) is 1. The first kappa shape index (κ1) is 16.0. The van der Waals surface area contributed by atoms with Crippen molar-refractivity contribution in [1.82, 2.24) is 5.48 Å². The van der Waals surface area contributed by atoms with E-state index in [1.807, 2.05) is 30.3 Å². The van der Waals surface area contributed by atoms with Gasteiger partial charge in [-0.15, -0.1) is 0 Å². The van der Waals surface area contributed by atoms with Gasteiger partial charge in [-0.1, -0.05) is 56.0 Å². The number of carbonyl (C=O) groups excluding carboxylic acids is 1. The van der Waals surface area contributed by atoms with Crippen molar-refractivity contribution in [3.05, 3.63) is 35.9 Å². The van der Waals surface area contributed by atoms with Crippen LogP contribution in [0, 0.1) is 11.8 Å². The minimum absolute atomic E-state index is 0.117. The van der Waals surface area contributed by atoms with E-state index in [0.29, 0.717) is 19.1 Å². The lowest BCUT2D eigenvalue weighted by molar-refractivity contribution is -0.147. The molecule has 21 heavy (non-hydrogen) atoms. The predicted molar refractivity (Wildman–Crippen MR) is 81.3 cm³/mol. The first-order valence-electron chi connectivity index (χ1n) is 7.76. The van der Waals surface area contributed by atoms with Crippen LogP contribution >= 0.6 is 0 Å². The fourth-order valence-corrected chi connectivity index (χ4v) is 2.95. The Morgan fingerprint density at radius 3 is 2.67 bits per heavy atom. The fraction of sp³-hybridized carbons (Fsp3) is 0.588. The molecule has 0 aromatic heterocycles. The van der Waals surface area contributed by atoms with Gasteiger partial charge in [0, 0.05) is 6.54 Å². The number of carbonyl (C=O) groups is 1. The zero-order valence-corrected chi connectivity index (χ0v) is 12.7. The average Bonchev–Trinajstić information content (AvgIpc) is 3.03. The molecule has 1 fully saturated rings. The third-order valence-corrected chi connectivity index (χ3v) is 4.14. The van der Waals surface area contributed by atoms with Gasteiger partial charge in [0.2, 0.25) is 0 Å². The minimum atomic E-state index is -0.141. The van der Waals surface area contributed by atoms with E-state index in [2.05, 4.69) is 5.48 Å². The van der Waals surface area contributed by atoms with E-state index >= 15 is 0 Å². The SMILES string of the molecule is COC(=O)[C@H](CNOCc1ccccc1)CC1CCCC1. The van der Waals surface area contributed by atoms with Crippen LogP contribution in [0.5, 0.6) is 0 Å². The van der Waals surface area contributed by atoms with E-state index in [4.69, 9.17) is 9.57 Å². The third-order valence-electron chi connectivity index (χ3n) is 4.14. The quantitative estimate of drug-likeness (QED) is 0.454. The Hall–Kier alpha value is -1.39. The summed E-state index contributed by atoms with van der Waals surface area (Å²) in [6.07, 6.45) is 5.94. The molecule has 0 heterocycles. The number of hydrogen-bond acceptors (Lipinski definition) is 4. The molecule has 1 aromatic carbocycles. The number of esters is 1. The maximum Gasteiger partial charge on any atom is 0.310 e. The standard InChI is InChI=1S/C17H25NO3/c1-20-17(19)16(11-14-7-5-6-8-14)12-18-21-13-15-9-3-2-4-10-15/h2-4,9-10,14,16,18H,5-8,11-13H2,1H3/t16-/m0/s1. The average molecular weight is 291 g/mol. The largest absolute Gasteiger partial charge is 0.469 e. The Bertz CT molecular complexity index is 415. The molecular formula is C17H25NO3. The third kappa shape index (κ3) is 5.48. The van der Waals surface area contributed by atoms with Gasteiger partial charge in [0.15, 0.2) is 0 Å². The van der Waals surface area contributed by atoms with Crippen molar-refractivity contribution in [2.24, 2.45) is 11.8 Å². The van der Waals surface area contributed by atoms with Gasteiger partial charge >= 0.3 is 5.97 Å². The molecule has 2 rings (SSSR count). The molecule has 0 saturated heterocycles. The van der Waals surface area contributed by atoms with E-state index in [1.165, 1.54) is 32.8 Å². The highest BCUT2D eigenvalue weighted by atomic mass is 16.6. The highest BCUT2D eigenvalue weighted by Gasteiger charge is 2.25. The van der Waals surface area contributed by atoms with E-state index in [9.17, 15) is 4.79 Å². The van der Waals surface area contributed by atoms with Crippen LogP contribution in [0.3, 0.4) is 0 Å². The summed E-state index contributed by atoms with van der Waals surface area (Å²) in [6.45, 7) is 1.01. The summed E-state index contributed by atoms with van der Waals surface area (Å²) in [4.78, 5) is 17.3. The summed E-state index contributed by atoms with van der Waals surface area (Å²) in [5.41, 5.74) is 4.03. The summed E-state index contributed by atoms with van der Waals surface area (Å²) < 4.78 is 4.90. The van der Waals surface area contributed by atoms with E-state index < -0.39 is 0 Å². The molecule has 1 atom stereocenters. The Kier molecular flexibility index (Phi) is 6.70. The summed E-state index contributed by atoms with van der Waals surface area (Å²) in [5.74, 6) is 0.400. The molecule has 1 aliphatic rings. The number of hydroxylamine groups is 1. The molecule has 0 aliphatic heterocycles. The fourth-order valence-electron chi connectivity index (χ4n) is 2.95. The first-order chi connectivity index (χ1) is 10.3. The van der Waals surface area contributed by atoms with Crippen molar-refractivity contribution in [1.29, 1.82) is 0 Å². The molecule has 0 radical (unpaired) electrons. The van der Waals surface area contributed by atoms with Crippen LogP contribution in [0.2, 0.25) is 0 Å². The second-order valence-electron chi connectivity index (χ2n) is 5.73. The normalized spacial score (nSPS) is 16.8. The number of methoxy groups -OCH3 is 1. The van der Waals surface area contributed by atoms with Crippen molar-refractivity contribution in [3.8, 4) is 0 Å². The second-order valence-corrected chi connectivity index (χ2v) is 5.73. The predicted octanol–water partition coefficient (Wildman–Crippen LogP) is 3.08. The van der Waals surface area contributed by atoms with Crippen molar-refractivity contribution in [2.45, 2.75) is 38.7 Å². The summed E-state index contributed by atoms with van der Waals surface area (Å²) in [7, 11) is 1.45. The molecule has 1 N–H and O–H groups in total. The zero-order chi connectivity index (χ0) is 14.9. The van der Waals surface area contributed by atoms with Crippen LogP contribution in [0.25, 0.3) is 0 Å². The lowest BCUT2D eigenvalue weighted by Gasteiger charge is -2.18. The van der Waals surface area contributed by atoms with E-state index in [-0.39, 0.29) is 11.9 Å². The Morgan fingerprint density at radius 2 is 2.00 bits per heavy atom. The molecule has 4 heteroatoms. The molecule has 1 saturated carbocycles. The van der Waals surface area contributed by atoms with Crippen LogP contribution in [0.1, 0.15) is 37.7 Å². The maximum atomic E-state index is 11.8. The number of benzene rings is 1. The lowest BCUT2D eigenvalue weighted by atomic mass is 9.93. The molecule has 0 unspecified atom stereocenters. The maximum absolute atomic E-state index is 11.8. The van der Waals surface area contributed by atoms with Crippen LogP contribution in [-0.4, -0.2) is 19.6 Å². The smallest absolute Gasteiger partial charge is 0.310 e. The molecule has 0 bridgehead atoms. The van der Waals surface area contributed by atoms with Gasteiger partial charge in [0.1, 0.15) is 0 Å². The van der Waals surface area contributed by atoms with Crippen molar-refractivity contribution >= 4 is 5.97 Å². The highest BCUT2D eigenvalue weighted by Crippen LogP contribution is 2.30. The number of hydrogen-bond donors (Lipinski definition) is 1. The van der Waals surface area contributed by atoms with Gasteiger partial charge in [-0.3, -0.25) is 9.63 Å². The van der Waals surface area contributed by atoms with Crippen molar-refractivity contribution in [2.75, 3.05) is 13.7 Å². The molecule has 1 aliphatic carbocycles. The van der Waals surface area contributed by atoms with Gasteiger partial charge in [0.05, 0.1) is 19.6 Å². The second kappa shape index (κ2) is 8.80. The van der Waals surface area contributed by atoms with Crippen molar-refractivity contribution in [3.63, 3.8) is 0 Å². The zero-order valence-electron chi connectivity index (χ0n) is 12.7. The minimum Gasteiger partial charge on any atom is -0.469 e. The number of ether oxygens (including phenoxy) is 1. The van der Waals surface area contributed by atoms with Gasteiger partial charge < -0.3 is 4.74 Å².